The second-order valence-corrected chi connectivity index (χ2v) is 12.5. The molecule has 1 saturated heterocycles. The van der Waals surface area contributed by atoms with Gasteiger partial charge < -0.3 is 20.2 Å². The Balaban J connectivity index is 3.15. The van der Waals surface area contributed by atoms with Gasteiger partial charge in [0.05, 0.1) is 22.1 Å². The van der Waals surface area contributed by atoms with Crippen molar-refractivity contribution in [2.45, 2.75) is 103 Å². The molecule has 7 nitrogen and oxygen atoms in total. The summed E-state index contributed by atoms with van der Waals surface area (Å²) in [6.45, 7) is 12.3. The number of amides is 2. The van der Waals surface area contributed by atoms with Crippen molar-refractivity contribution >= 4 is 22.2 Å². The number of carbonyl (C=O) groups is 2. The molecule has 30 heavy (non-hydrogen) atoms. The number of aldehydes is 1. The number of ether oxygens (including phenoxy) is 1. The van der Waals surface area contributed by atoms with Gasteiger partial charge in [-0.05, 0) is 38.0 Å². The SMILES string of the molecule is CCCCC(CCC)(CS(=O)(=O)C1(C)CCOCC1)NC(=O)NC(C=O)C(C)(C)C. The second-order valence-electron chi connectivity index (χ2n) is 10.0. The van der Waals surface area contributed by atoms with Crippen molar-refractivity contribution in [3.8, 4) is 0 Å². The molecule has 0 spiro atoms. The van der Waals surface area contributed by atoms with Gasteiger partial charge in [0.25, 0.3) is 0 Å². The smallest absolute Gasteiger partial charge is 0.315 e. The van der Waals surface area contributed by atoms with Crippen molar-refractivity contribution in [3.63, 3.8) is 0 Å². The van der Waals surface area contributed by atoms with E-state index in [-0.39, 0.29) is 5.75 Å². The molecule has 1 aliphatic rings. The molecule has 2 N–H and O–H groups in total. The van der Waals surface area contributed by atoms with Crippen LogP contribution in [0.5, 0.6) is 0 Å². The summed E-state index contributed by atoms with van der Waals surface area (Å²) in [6.07, 6.45) is 5.27. The Kier molecular flexibility index (Phi) is 9.80. The number of urea groups is 1. The standard InChI is InChI=1S/C22H42N2O5S/c1-7-9-11-22(10-8-2,24-19(26)23-18(16-25)20(3,4)5)17-30(27,28)21(6)12-14-29-15-13-21/h16,18H,7-15,17H2,1-6H3,(H2,23,24,26). The van der Waals surface area contributed by atoms with E-state index < -0.39 is 37.6 Å². The Morgan fingerprint density at radius 1 is 1.13 bits per heavy atom. The van der Waals surface area contributed by atoms with E-state index in [1.54, 1.807) is 6.92 Å². The highest BCUT2D eigenvalue weighted by atomic mass is 32.2. The lowest BCUT2D eigenvalue weighted by Crippen LogP contribution is -2.60. The molecule has 8 heteroatoms. The summed E-state index contributed by atoms with van der Waals surface area (Å²) in [5, 5.41) is 5.73. The number of carbonyl (C=O) groups excluding carboxylic acids is 2. The third-order valence-corrected chi connectivity index (χ3v) is 9.08. The van der Waals surface area contributed by atoms with Crippen molar-refractivity contribution in [3.05, 3.63) is 0 Å². The first-order valence-corrected chi connectivity index (χ1v) is 12.8. The summed E-state index contributed by atoms with van der Waals surface area (Å²) < 4.78 is 31.5. The monoisotopic (exact) mass is 446 g/mol. The van der Waals surface area contributed by atoms with Gasteiger partial charge in [0, 0.05) is 13.2 Å². The van der Waals surface area contributed by atoms with Crippen LogP contribution in [0.1, 0.15) is 86.5 Å². The molecule has 1 fully saturated rings. The van der Waals surface area contributed by atoms with Gasteiger partial charge in [-0.3, -0.25) is 0 Å². The molecule has 0 saturated carbocycles. The number of nitrogens with one attached hydrogen (secondary N) is 2. The summed E-state index contributed by atoms with van der Waals surface area (Å²) in [6, 6.07) is -1.15. The number of hydrogen-bond donors (Lipinski definition) is 2. The third-order valence-electron chi connectivity index (χ3n) is 6.24. The molecule has 0 bridgehead atoms. The van der Waals surface area contributed by atoms with E-state index in [2.05, 4.69) is 10.6 Å². The van der Waals surface area contributed by atoms with Crippen molar-refractivity contribution in [1.29, 1.82) is 0 Å². The van der Waals surface area contributed by atoms with Crippen LogP contribution in [0.15, 0.2) is 0 Å². The summed E-state index contributed by atoms with van der Waals surface area (Å²) >= 11 is 0. The summed E-state index contributed by atoms with van der Waals surface area (Å²) in [4.78, 5) is 24.3. The Hall–Kier alpha value is -1.15. The molecule has 0 radical (unpaired) electrons. The minimum atomic E-state index is -3.49. The average molecular weight is 447 g/mol. The normalized spacial score (nSPS) is 20.1. The second kappa shape index (κ2) is 10.9. The predicted octanol–water partition coefficient (Wildman–Crippen LogP) is 3.61. The van der Waals surface area contributed by atoms with Gasteiger partial charge in [-0.1, -0.05) is 53.9 Å². The van der Waals surface area contributed by atoms with Crippen LogP contribution in [0.2, 0.25) is 0 Å². The first kappa shape index (κ1) is 26.9. The van der Waals surface area contributed by atoms with E-state index in [4.69, 9.17) is 4.74 Å². The first-order chi connectivity index (χ1) is 13.8. The van der Waals surface area contributed by atoms with Crippen LogP contribution in [0.3, 0.4) is 0 Å². The maximum atomic E-state index is 13.5. The quantitative estimate of drug-likeness (QED) is 0.472. The zero-order chi connectivity index (χ0) is 23.1. The van der Waals surface area contributed by atoms with Crippen LogP contribution in [-0.4, -0.2) is 56.0 Å². The molecule has 2 atom stereocenters. The molecular weight excluding hydrogens is 404 g/mol. The third kappa shape index (κ3) is 7.22. The molecule has 0 aromatic heterocycles. The van der Waals surface area contributed by atoms with Crippen LogP contribution in [0.4, 0.5) is 4.79 Å². The van der Waals surface area contributed by atoms with E-state index >= 15 is 0 Å². The van der Waals surface area contributed by atoms with E-state index in [0.29, 0.717) is 38.9 Å². The van der Waals surface area contributed by atoms with E-state index in [9.17, 15) is 18.0 Å². The highest BCUT2D eigenvalue weighted by Gasteiger charge is 2.46. The number of hydrogen-bond acceptors (Lipinski definition) is 5. The number of rotatable bonds is 11. The maximum absolute atomic E-state index is 13.5. The Bertz CT molecular complexity index is 666. The molecular formula is C22H42N2O5S. The minimum absolute atomic E-state index is 0.0982. The highest BCUT2D eigenvalue weighted by Crippen LogP contribution is 2.34. The summed E-state index contributed by atoms with van der Waals surface area (Å²) in [7, 11) is -3.49. The zero-order valence-corrected chi connectivity index (χ0v) is 20.5. The molecule has 1 rings (SSSR count). The van der Waals surface area contributed by atoms with Crippen LogP contribution in [-0.2, 0) is 19.4 Å². The largest absolute Gasteiger partial charge is 0.381 e. The van der Waals surface area contributed by atoms with Crippen molar-refractivity contribution in [1.82, 2.24) is 10.6 Å². The number of unbranched alkanes of at least 4 members (excludes halogenated alkanes) is 1. The lowest BCUT2D eigenvalue weighted by atomic mass is 9.87. The molecule has 0 aromatic carbocycles. The van der Waals surface area contributed by atoms with Crippen molar-refractivity contribution < 1.29 is 22.7 Å². The topological polar surface area (TPSA) is 102 Å². The van der Waals surface area contributed by atoms with Gasteiger partial charge in [-0.2, -0.15) is 0 Å². The first-order valence-electron chi connectivity index (χ1n) is 11.2. The van der Waals surface area contributed by atoms with Crippen LogP contribution in [0.25, 0.3) is 0 Å². The fraction of sp³-hybridized carbons (Fsp3) is 0.909. The fourth-order valence-corrected chi connectivity index (χ4v) is 6.17. The van der Waals surface area contributed by atoms with Gasteiger partial charge in [0.15, 0.2) is 9.84 Å². The lowest BCUT2D eigenvalue weighted by Gasteiger charge is -2.40. The van der Waals surface area contributed by atoms with Crippen LogP contribution >= 0.6 is 0 Å². The van der Waals surface area contributed by atoms with Crippen LogP contribution < -0.4 is 10.6 Å². The van der Waals surface area contributed by atoms with E-state index in [1.165, 1.54) is 0 Å². The Morgan fingerprint density at radius 2 is 1.73 bits per heavy atom. The lowest BCUT2D eigenvalue weighted by molar-refractivity contribution is -0.111. The van der Waals surface area contributed by atoms with E-state index in [0.717, 1.165) is 25.5 Å². The Morgan fingerprint density at radius 3 is 2.20 bits per heavy atom. The summed E-state index contributed by atoms with van der Waals surface area (Å²) in [5.41, 5.74) is -1.29. The predicted molar refractivity (Wildman–Crippen MR) is 120 cm³/mol. The molecule has 1 heterocycles. The van der Waals surface area contributed by atoms with Gasteiger partial charge in [0.2, 0.25) is 0 Å². The highest BCUT2D eigenvalue weighted by molar-refractivity contribution is 7.92. The van der Waals surface area contributed by atoms with Gasteiger partial charge in [-0.25, -0.2) is 13.2 Å². The molecule has 2 unspecified atom stereocenters. The number of sulfone groups is 1. The average Bonchev–Trinajstić information content (AvgIpc) is 2.64. The summed E-state index contributed by atoms with van der Waals surface area (Å²) in [5.74, 6) is -0.0982. The van der Waals surface area contributed by atoms with Gasteiger partial charge >= 0.3 is 6.03 Å². The molecule has 2 amide bonds. The van der Waals surface area contributed by atoms with Gasteiger partial charge in [-0.15, -0.1) is 0 Å². The Labute approximate surface area is 183 Å². The molecule has 1 aliphatic heterocycles. The molecule has 176 valence electrons. The van der Waals surface area contributed by atoms with Crippen molar-refractivity contribution in [2.75, 3.05) is 19.0 Å². The fourth-order valence-electron chi connectivity index (χ4n) is 3.95. The zero-order valence-electron chi connectivity index (χ0n) is 19.7. The van der Waals surface area contributed by atoms with E-state index in [1.807, 2.05) is 34.6 Å². The minimum Gasteiger partial charge on any atom is -0.381 e. The van der Waals surface area contributed by atoms with Gasteiger partial charge in [0.1, 0.15) is 6.29 Å². The maximum Gasteiger partial charge on any atom is 0.315 e. The molecule has 0 aromatic rings. The van der Waals surface area contributed by atoms with Crippen molar-refractivity contribution in [2.24, 2.45) is 5.41 Å². The molecule has 0 aliphatic carbocycles. The van der Waals surface area contributed by atoms with Crippen LogP contribution in [0, 0.1) is 5.41 Å².